The monoisotopic (exact) mass is 280 g/mol. The summed E-state index contributed by atoms with van der Waals surface area (Å²) in [6.45, 7) is 3.55. The fourth-order valence-corrected chi connectivity index (χ4v) is 3.30. The molecule has 2 aliphatic rings. The molecule has 2 nitrogen and oxygen atoms in total. The van der Waals surface area contributed by atoms with E-state index in [0.717, 1.165) is 6.04 Å². The van der Waals surface area contributed by atoms with Gasteiger partial charge in [0.15, 0.2) is 0 Å². The van der Waals surface area contributed by atoms with Crippen LogP contribution in [0.2, 0.25) is 0 Å². The average molecular weight is 281 g/mol. The topological polar surface area (TPSA) is 15.3 Å². The van der Waals surface area contributed by atoms with Crippen molar-refractivity contribution in [2.45, 2.75) is 25.3 Å². The Balaban J connectivity index is 1.84. The highest BCUT2D eigenvalue weighted by Crippen LogP contribution is 2.33. The molecule has 0 radical (unpaired) electrons. The molecule has 0 aromatic heterocycles. The maximum atomic E-state index is 3.55. The van der Waals surface area contributed by atoms with E-state index in [-0.39, 0.29) is 0 Å². The molecule has 0 aliphatic carbocycles. The van der Waals surface area contributed by atoms with Gasteiger partial charge in [-0.05, 0) is 56.1 Å². The molecular weight excluding hydrogens is 264 g/mol. The zero-order valence-corrected chi connectivity index (χ0v) is 11.0. The van der Waals surface area contributed by atoms with Gasteiger partial charge in [-0.15, -0.1) is 0 Å². The van der Waals surface area contributed by atoms with Crippen molar-refractivity contribution in [1.29, 1.82) is 0 Å². The number of nitrogens with zero attached hydrogens (tertiary/aromatic N) is 1. The second-order valence-electron chi connectivity index (χ2n) is 4.70. The largest absolute Gasteiger partial charge is 0.368 e. The summed E-state index contributed by atoms with van der Waals surface area (Å²) in [6, 6.07) is 7.46. The first-order chi connectivity index (χ1) is 7.84. The number of halogens is 1. The lowest BCUT2D eigenvalue weighted by molar-refractivity contribution is 0.435. The Morgan fingerprint density at radius 1 is 1.25 bits per heavy atom. The maximum Gasteiger partial charge on any atom is 0.0402 e. The highest BCUT2D eigenvalue weighted by Gasteiger charge is 2.26. The van der Waals surface area contributed by atoms with Gasteiger partial charge in [0.2, 0.25) is 0 Å². The molecule has 1 saturated heterocycles. The summed E-state index contributed by atoms with van der Waals surface area (Å²) in [6.07, 6.45) is 3.78. The molecule has 0 spiro atoms. The van der Waals surface area contributed by atoms with Crippen molar-refractivity contribution in [2.75, 3.05) is 24.5 Å². The standard InChI is InChI=1S/C13H17BrN2/c14-11-1-2-13-10(9-11)5-8-16(13)12-3-6-15-7-4-12/h1-2,9,12,15H,3-8H2. The van der Waals surface area contributed by atoms with Gasteiger partial charge >= 0.3 is 0 Å². The first kappa shape index (κ1) is 10.6. The molecule has 0 saturated carbocycles. The molecule has 3 rings (SSSR count). The van der Waals surface area contributed by atoms with E-state index in [9.17, 15) is 0 Å². The molecule has 86 valence electrons. The maximum absolute atomic E-state index is 3.55. The van der Waals surface area contributed by atoms with E-state index in [2.05, 4.69) is 44.3 Å². The predicted octanol–water partition coefficient (Wildman–Crippen LogP) is 2.56. The van der Waals surface area contributed by atoms with Gasteiger partial charge in [0.1, 0.15) is 0 Å². The summed E-state index contributed by atoms with van der Waals surface area (Å²) in [4.78, 5) is 2.61. The first-order valence-corrected chi connectivity index (χ1v) is 6.90. The van der Waals surface area contributed by atoms with Crippen LogP contribution in [0.5, 0.6) is 0 Å². The summed E-state index contributed by atoms with van der Waals surface area (Å²) in [5.74, 6) is 0. The Bertz CT molecular complexity index is 386. The second-order valence-corrected chi connectivity index (χ2v) is 5.61. The smallest absolute Gasteiger partial charge is 0.0402 e. The zero-order valence-electron chi connectivity index (χ0n) is 9.38. The van der Waals surface area contributed by atoms with Crippen molar-refractivity contribution in [3.8, 4) is 0 Å². The van der Waals surface area contributed by atoms with Crippen molar-refractivity contribution in [2.24, 2.45) is 0 Å². The number of rotatable bonds is 1. The molecular formula is C13H17BrN2. The van der Waals surface area contributed by atoms with Crippen LogP contribution in [0, 0.1) is 0 Å². The van der Waals surface area contributed by atoms with Crippen LogP contribution >= 0.6 is 15.9 Å². The van der Waals surface area contributed by atoms with E-state index in [4.69, 9.17) is 0 Å². The Kier molecular flexibility index (Phi) is 2.90. The summed E-state index contributed by atoms with van der Waals surface area (Å²) < 4.78 is 1.21. The summed E-state index contributed by atoms with van der Waals surface area (Å²) >= 11 is 3.55. The van der Waals surface area contributed by atoms with Crippen LogP contribution in [-0.4, -0.2) is 25.7 Å². The number of hydrogen-bond donors (Lipinski definition) is 1. The molecule has 0 atom stereocenters. The lowest BCUT2D eigenvalue weighted by atomic mass is 10.0. The van der Waals surface area contributed by atoms with Gasteiger partial charge in [-0.25, -0.2) is 0 Å². The summed E-state index contributed by atoms with van der Waals surface area (Å²) in [5, 5.41) is 3.44. The van der Waals surface area contributed by atoms with Gasteiger partial charge in [0.25, 0.3) is 0 Å². The quantitative estimate of drug-likeness (QED) is 0.851. The Labute approximate surface area is 105 Å². The molecule has 0 unspecified atom stereocenters. The van der Waals surface area contributed by atoms with Gasteiger partial charge in [0, 0.05) is 22.7 Å². The van der Waals surface area contributed by atoms with Crippen molar-refractivity contribution < 1.29 is 0 Å². The normalized spacial score (nSPS) is 21.2. The number of nitrogens with one attached hydrogen (secondary N) is 1. The third-order valence-corrected chi connectivity index (χ3v) is 4.22. The minimum Gasteiger partial charge on any atom is -0.368 e. The molecule has 3 heteroatoms. The van der Waals surface area contributed by atoms with Gasteiger partial charge in [-0.1, -0.05) is 15.9 Å². The van der Waals surface area contributed by atoms with Crippen LogP contribution in [0.4, 0.5) is 5.69 Å². The van der Waals surface area contributed by atoms with Crippen LogP contribution in [0.1, 0.15) is 18.4 Å². The molecule has 1 aromatic carbocycles. The van der Waals surface area contributed by atoms with Crippen molar-refractivity contribution in [3.63, 3.8) is 0 Å². The van der Waals surface area contributed by atoms with Crippen LogP contribution < -0.4 is 10.2 Å². The van der Waals surface area contributed by atoms with E-state index in [0.29, 0.717) is 0 Å². The summed E-state index contributed by atoms with van der Waals surface area (Å²) in [5.41, 5.74) is 2.98. The highest BCUT2D eigenvalue weighted by molar-refractivity contribution is 9.10. The molecule has 2 aliphatic heterocycles. The number of benzene rings is 1. The van der Waals surface area contributed by atoms with Crippen molar-refractivity contribution in [3.05, 3.63) is 28.2 Å². The number of fused-ring (bicyclic) bond motifs is 1. The van der Waals surface area contributed by atoms with Gasteiger partial charge < -0.3 is 10.2 Å². The van der Waals surface area contributed by atoms with E-state index in [1.807, 2.05) is 0 Å². The highest BCUT2D eigenvalue weighted by atomic mass is 79.9. The third-order valence-electron chi connectivity index (χ3n) is 3.72. The predicted molar refractivity (Wildman–Crippen MR) is 71.1 cm³/mol. The van der Waals surface area contributed by atoms with Crippen molar-refractivity contribution >= 4 is 21.6 Å². The minimum atomic E-state index is 0.753. The summed E-state index contributed by atoms with van der Waals surface area (Å²) in [7, 11) is 0. The fraction of sp³-hybridized carbons (Fsp3) is 0.538. The molecule has 0 bridgehead atoms. The zero-order chi connectivity index (χ0) is 11.0. The lowest BCUT2D eigenvalue weighted by Gasteiger charge is -2.33. The van der Waals surface area contributed by atoms with E-state index in [1.165, 1.54) is 54.6 Å². The average Bonchev–Trinajstić information content (AvgIpc) is 2.73. The number of piperidine rings is 1. The SMILES string of the molecule is Brc1ccc2c(c1)CCN2C1CCNCC1. The molecule has 1 aromatic rings. The second kappa shape index (κ2) is 4.38. The number of anilines is 1. The molecule has 1 fully saturated rings. The minimum absolute atomic E-state index is 0.753. The molecule has 1 N–H and O–H groups in total. The van der Waals surface area contributed by atoms with Crippen LogP contribution in [0.25, 0.3) is 0 Å². The van der Waals surface area contributed by atoms with E-state index >= 15 is 0 Å². The van der Waals surface area contributed by atoms with E-state index in [1.54, 1.807) is 0 Å². The Hall–Kier alpha value is -0.540. The van der Waals surface area contributed by atoms with Gasteiger partial charge in [-0.3, -0.25) is 0 Å². The first-order valence-electron chi connectivity index (χ1n) is 6.10. The number of hydrogen-bond acceptors (Lipinski definition) is 2. The van der Waals surface area contributed by atoms with Crippen LogP contribution in [0.15, 0.2) is 22.7 Å². The fourth-order valence-electron chi connectivity index (χ4n) is 2.89. The third kappa shape index (κ3) is 1.87. The van der Waals surface area contributed by atoms with Gasteiger partial charge in [0.05, 0.1) is 0 Å². The lowest BCUT2D eigenvalue weighted by Crippen LogP contribution is -2.42. The molecule has 2 heterocycles. The Morgan fingerprint density at radius 2 is 2.06 bits per heavy atom. The Morgan fingerprint density at radius 3 is 2.88 bits per heavy atom. The van der Waals surface area contributed by atoms with Crippen molar-refractivity contribution in [1.82, 2.24) is 5.32 Å². The van der Waals surface area contributed by atoms with Crippen LogP contribution in [-0.2, 0) is 6.42 Å². The molecule has 0 amide bonds. The molecule has 16 heavy (non-hydrogen) atoms. The van der Waals surface area contributed by atoms with Gasteiger partial charge in [-0.2, -0.15) is 0 Å². The van der Waals surface area contributed by atoms with Crippen LogP contribution in [0.3, 0.4) is 0 Å². The van der Waals surface area contributed by atoms with E-state index < -0.39 is 0 Å².